The summed E-state index contributed by atoms with van der Waals surface area (Å²) >= 11 is 0. The summed E-state index contributed by atoms with van der Waals surface area (Å²) in [6.45, 7) is 4.44. The van der Waals surface area contributed by atoms with E-state index in [9.17, 15) is 9.59 Å². The number of amides is 1. The van der Waals surface area contributed by atoms with Crippen LogP contribution in [0, 0.1) is 6.92 Å². The normalized spacial score (nSPS) is 10.6. The molecule has 0 saturated heterocycles. The third-order valence-electron chi connectivity index (χ3n) is 4.09. The highest BCUT2D eigenvalue weighted by molar-refractivity contribution is 6.04. The summed E-state index contributed by atoms with van der Waals surface area (Å²) in [6.07, 6.45) is 4.07. The van der Waals surface area contributed by atoms with Gasteiger partial charge in [0.05, 0.1) is 12.8 Å². The van der Waals surface area contributed by atoms with E-state index >= 15 is 0 Å². The van der Waals surface area contributed by atoms with Crippen LogP contribution in [-0.2, 0) is 6.54 Å². The zero-order chi connectivity index (χ0) is 19.4. The van der Waals surface area contributed by atoms with Crippen molar-refractivity contribution in [3.8, 4) is 11.4 Å². The van der Waals surface area contributed by atoms with E-state index in [-0.39, 0.29) is 11.5 Å². The molecule has 0 saturated carbocycles. The maximum absolute atomic E-state index is 13.0. The van der Waals surface area contributed by atoms with Crippen molar-refractivity contribution in [2.24, 2.45) is 0 Å². The van der Waals surface area contributed by atoms with E-state index in [1.165, 1.54) is 11.7 Å². The second kappa shape index (κ2) is 7.86. The Kier molecular flexibility index (Phi) is 5.35. The fraction of sp³-hybridized carbons (Fsp3) is 0.263. The Balaban J connectivity index is 1.97. The van der Waals surface area contributed by atoms with Gasteiger partial charge < -0.3 is 4.74 Å². The third kappa shape index (κ3) is 3.74. The molecule has 2 aromatic heterocycles. The van der Waals surface area contributed by atoms with E-state index in [1.807, 2.05) is 13.0 Å². The Bertz CT molecular complexity index is 1020. The van der Waals surface area contributed by atoms with E-state index in [0.717, 1.165) is 6.42 Å². The molecule has 1 aromatic carbocycles. The minimum absolute atomic E-state index is 0.0373. The topological polar surface area (TPSA) is 91.0 Å². The first-order valence-corrected chi connectivity index (χ1v) is 8.61. The van der Waals surface area contributed by atoms with Crippen LogP contribution in [0.2, 0.25) is 0 Å². The van der Waals surface area contributed by atoms with Gasteiger partial charge in [-0.05, 0) is 37.1 Å². The van der Waals surface area contributed by atoms with Gasteiger partial charge in [0.15, 0.2) is 0 Å². The Morgan fingerprint density at radius 2 is 2.04 bits per heavy atom. The molecule has 2 heterocycles. The van der Waals surface area contributed by atoms with E-state index < -0.39 is 11.5 Å². The molecule has 3 rings (SSSR count). The summed E-state index contributed by atoms with van der Waals surface area (Å²) in [7, 11) is 1.53. The molecule has 140 valence electrons. The lowest BCUT2D eigenvalue weighted by molar-refractivity contribution is 0.102. The van der Waals surface area contributed by atoms with Crippen LogP contribution in [0.3, 0.4) is 0 Å². The molecule has 0 fully saturated rings. The van der Waals surface area contributed by atoms with Gasteiger partial charge in [0.25, 0.3) is 11.5 Å². The zero-order valence-corrected chi connectivity index (χ0v) is 15.5. The molecule has 0 aliphatic rings. The van der Waals surface area contributed by atoms with Crippen molar-refractivity contribution in [1.82, 2.24) is 19.3 Å². The molecular formula is C19H21N5O3. The number of rotatable bonds is 6. The van der Waals surface area contributed by atoms with E-state index in [4.69, 9.17) is 4.74 Å². The number of aromatic nitrogens is 4. The van der Waals surface area contributed by atoms with Crippen LogP contribution in [0.1, 0.15) is 29.3 Å². The number of nitrogens with one attached hydrogen (secondary N) is 1. The largest absolute Gasteiger partial charge is 0.495 e. The van der Waals surface area contributed by atoms with Crippen molar-refractivity contribution in [3.05, 3.63) is 64.3 Å². The quantitative estimate of drug-likeness (QED) is 0.722. The number of para-hydroxylation sites is 2. The predicted octanol–water partition coefficient (Wildman–Crippen LogP) is 2.41. The van der Waals surface area contributed by atoms with Crippen molar-refractivity contribution < 1.29 is 9.53 Å². The van der Waals surface area contributed by atoms with Crippen LogP contribution in [0.25, 0.3) is 5.69 Å². The SMILES string of the molecule is CCCn1cnc(NC(=O)c2c(C)ccn(-c3ccccc3OC)c2=O)n1. The highest BCUT2D eigenvalue weighted by atomic mass is 16.5. The molecule has 0 aliphatic carbocycles. The van der Waals surface area contributed by atoms with Crippen LogP contribution in [0.15, 0.2) is 47.7 Å². The molecule has 8 nitrogen and oxygen atoms in total. The molecule has 0 radical (unpaired) electrons. The molecule has 8 heteroatoms. The smallest absolute Gasteiger partial charge is 0.268 e. The van der Waals surface area contributed by atoms with Gasteiger partial charge in [-0.15, -0.1) is 5.10 Å². The maximum Gasteiger partial charge on any atom is 0.268 e. The first-order valence-electron chi connectivity index (χ1n) is 8.61. The predicted molar refractivity (Wildman–Crippen MR) is 102 cm³/mol. The molecule has 0 unspecified atom stereocenters. The second-order valence-corrected chi connectivity index (χ2v) is 6.01. The number of anilines is 1. The average Bonchev–Trinajstić information content (AvgIpc) is 3.09. The summed E-state index contributed by atoms with van der Waals surface area (Å²) in [6, 6.07) is 8.84. The fourth-order valence-electron chi connectivity index (χ4n) is 2.77. The molecule has 0 spiro atoms. The lowest BCUT2D eigenvalue weighted by Gasteiger charge is -2.13. The second-order valence-electron chi connectivity index (χ2n) is 6.01. The minimum Gasteiger partial charge on any atom is -0.495 e. The number of hydrogen-bond acceptors (Lipinski definition) is 5. The van der Waals surface area contributed by atoms with Crippen molar-refractivity contribution in [1.29, 1.82) is 0 Å². The van der Waals surface area contributed by atoms with Gasteiger partial charge in [0, 0.05) is 12.7 Å². The minimum atomic E-state index is -0.545. The lowest BCUT2D eigenvalue weighted by atomic mass is 10.1. The van der Waals surface area contributed by atoms with E-state index in [1.54, 1.807) is 48.4 Å². The number of hydrogen-bond donors (Lipinski definition) is 1. The summed E-state index contributed by atoms with van der Waals surface area (Å²) in [5, 5.41) is 6.78. The molecule has 27 heavy (non-hydrogen) atoms. The number of benzene rings is 1. The number of nitrogens with zero attached hydrogens (tertiary/aromatic N) is 4. The summed E-state index contributed by atoms with van der Waals surface area (Å²) < 4.78 is 8.36. The Labute approximate surface area is 156 Å². The fourth-order valence-corrected chi connectivity index (χ4v) is 2.77. The van der Waals surface area contributed by atoms with Crippen molar-refractivity contribution in [3.63, 3.8) is 0 Å². The van der Waals surface area contributed by atoms with Gasteiger partial charge >= 0.3 is 0 Å². The molecule has 1 amide bonds. The molecule has 0 bridgehead atoms. The summed E-state index contributed by atoms with van der Waals surface area (Å²) in [5.41, 5.74) is 0.723. The van der Waals surface area contributed by atoms with Gasteiger partial charge in [-0.25, -0.2) is 4.98 Å². The van der Waals surface area contributed by atoms with Crippen LogP contribution in [-0.4, -0.2) is 32.3 Å². The maximum atomic E-state index is 13.0. The third-order valence-corrected chi connectivity index (χ3v) is 4.09. The number of methoxy groups -OCH3 is 1. The van der Waals surface area contributed by atoms with Crippen molar-refractivity contribution in [2.45, 2.75) is 26.8 Å². The average molecular weight is 367 g/mol. The molecular weight excluding hydrogens is 346 g/mol. The zero-order valence-electron chi connectivity index (χ0n) is 15.5. The number of aryl methyl sites for hydroxylation is 2. The molecule has 3 aromatic rings. The number of ether oxygens (including phenoxy) is 1. The standard InChI is InChI=1S/C19H21N5O3/c1-4-10-23-12-20-19(22-23)21-17(25)16-13(2)9-11-24(18(16)26)14-7-5-6-8-15(14)27-3/h5-9,11-12H,4,10H2,1-3H3,(H,21,22,25). The van der Waals surface area contributed by atoms with Crippen LogP contribution in [0.5, 0.6) is 5.75 Å². The molecule has 0 atom stereocenters. The van der Waals surface area contributed by atoms with Crippen LogP contribution < -0.4 is 15.6 Å². The summed E-state index contributed by atoms with van der Waals surface area (Å²) in [4.78, 5) is 29.8. The van der Waals surface area contributed by atoms with Gasteiger partial charge in [-0.3, -0.25) is 24.2 Å². The Morgan fingerprint density at radius 1 is 1.26 bits per heavy atom. The first kappa shape index (κ1) is 18.4. The van der Waals surface area contributed by atoms with Crippen molar-refractivity contribution in [2.75, 3.05) is 12.4 Å². The van der Waals surface area contributed by atoms with Gasteiger partial charge in [0.1, 0.15) is 17.6 Å². The summed E-state index contributed by atoms with van der Waals surface area (Å²) in [5.74, 6) is 0.158. The molecule has 1 N–H and O–H groups in total. The molecule has 0 aliphatic heterocycles. The van der Waals surface area contributed by atoms with Gasteiger partial charge in [0.2, 0.25) is 5.95 Å². The number of carbonyl (C=O) groups excluding carboxylic acids is 1. The number of pyridine rings is 1. The Hall–Kier alpha value is -3.42. The monoisotopic (exact) mass is 367 g/mol. The first-order chi connectivity index (χ1) is 13.0. The highest BCUT2D eigenvalue weighted by Crippen LogP contribution is 2.21. The van der Waals surface area contributed by atoms with Crippen LogP contribution in [0.4, 0.5) is 5.95 Å². The van der Waals surface area contributed by atoms with Crippen LogP contribution >= 0.6 is 0 Å². The number of carbonyl (C=O) groups is 1. The Morgan fingerprint density at radius 3 is 2.78 bits per heavy atom. The van der Waals surface area contributed by atoms with E-state index in [0.29, 0.717) is 23.5 Å². The lowest BCUT2D eigenvalue weighted by Crippen LogP contribution is -2.29. The van der Waals surface area contributed by atoms with E-state index in [2.05, 4.69) is 15.4 Å². The highest BCUT2D eigenvalue weighted by Gasteiger charge is 2.19. The van der Waals surface area contributed by atoms with Gasteiger partial charge in [-0.2, -0.15) is 0 Å². The van der Waals surface area contributed by atoms with Gasteiger partial charge in [-0.1, -0.05) is 19.1 Å². The van der Waals surface area contributed by atoms with Crippen molar-refractivity contribution >= 4 is 11.9 Å².